The average molecular weight is 224 g/mol. The molecule has 0 spiro atoms. The van der Waals surface area contributed by atoms with E-state index in [9.17, 15) is 0 Å². The van der Waals surface area contributed by atoms with Gasteiger partial charge in [-0.2, -0.15) is 11.3 Å². The molecule has 1 saturated heterocycles. The van der Waals surface area contributed by atoms with Crippen LogP contribution >= 0.6 is 11.3 Å². The first kappa shape index (κ1) is 11.1. The van der Waals surface area contributed by atoms with Crippen LogP contribution in [0.2, 0.25) is 0 Å². The number of likely N-dealkylation sites (tertiary alicyclic amines) is 1. The molecule has 0 amide bonds. The van der Waals surface area contributed by atoms with Crippen molar-refractivity contribution in [1.29, 1.82) is 0 Å². The number of hydrogen-bond acceptors (Lipinski definition) is 3. The first-order chi connectivity index (χ1) is 7.25. The van der Waals surface area contributed by atoms with Gasteiger partial charge in [0.05, 0.1) is 0 Å². The van der Waals surface area contributed by atoms with E-state index in [1.54, 1.807) is 11.3 Å². The molecule has 2 atom stereocenters. The average Bonchev–Trinajstić information content (AvgIpc) is 2.70. The third kappa shape index (κ3) is 3.03. The first-order valence-electron chi connectivity index (χ1n) is 5.72. The minimum absolute atomic E-state index is 0.493. The topological polar surface area (TPSA) is 15.3 Å². The molecule has 2 unspecified atom stereocenters. The van der Waals surface area contributed by atoms with Crippen molar-refractivity contribution in [3.8, 4) is 0 Å². The maximum atomic E-state index is 3.72. The number of likely N-dealkylation sites (N-methyl/N-ethyl adjacent to an activating group) is 1. The van der Waals surface area contributed by atoms with Crippen LogP contribution in [0, 0.1) is 0 Å². The molecule has 0 saturated carbocycles. The van der Waals surface area contributed by atoms with Gasteiger partial charge in [0.1, 0.15) is 0 Å². The van der Waals surface area contributed by atoms with Crippen molar-refractivity contribution >= 4 is 11.3 Å². The van der Waals surface area contributed by atoms with Crippen LogP contribution in [0.4, 0.5) is 0 Å². The van der Waals surface area contributed by atoms with E-state index in [-0.39, 0.29) is 0 Å². The first-order valence-corrected chi connectivity index (χ1v) is 6.66. The van der Waals surface area contributed by atoms with Crippen LogP contribution in [0.3, 0.4) is 0 Å². The Morgan fingerprint density at radius 1 is 1.60 bits per heavy atom. The van der Waals surface area contributed by atoms with Crippen molar-refractivity contribution in [3.05, 3.63) is 22.4 Å². The summed E-state index contributed by atoms with van der Waals surface area (Å²) in [5.41, 5.74) is 1.42. The fraction of sp³-hybridized carbons (Fsp3) is 0.667. The molecular formula is C12H20N2S. The Labute approximate surface area is 96.3 Å². The second-order valence-corrected chi connectivity index (χ2v) is 5.33. The molecule has 15 heavy (non-hydrogen) atoms. The smallest absolute Gasteiger partial charge is 0.0303 e. The van der Waals surface area contributed by atoms with Crippen LogP contribution < -0.4 is 5.32 Å². The highest BCUT2D eigenvalue weighted by atomic mass is 32.1. The maximum Gasteiger partial charge on any atom is 0.0303 e. The van der Waals surface area contributed by atoms with Crippen molar-refractivity contribution in [1.82, 2.24) is 10.2 Å². The number of piperidine rings is 1. The second kappa shape index (κ2) is 5.10. The van der Waals surface area contributed by atoms with E-state index in [2.05, 4.69) is 41.0 Å². The molecule has 1 N–H and O–H groups in total. The predicted molar refractivity (Wildman–Crippen MR) is 66.4 cm³/mol. The lowest BCUT2D eigenvalue weighted by Gasteiger charge is -2.32. The largest absolute Gasteiger partial charge is 0.306 e. The fourth-order valence-corrected chi connectivity index (χ4v) is 3.03. The fourth-order valence-electron chi connectivity index (χ4n) is 2.27. The summed E-state index contributed by atoms with van der Waals surface area (Å²) in [6.45, 7) is 4.70. The maximum absolute atomic E-state index is 3.72. The van der Waals surface area contributed by atoms with Gasteiger partial charge >= 0.3 is 0 Å². The van der Waals surface area contributed by atoms with E-state index in [0.717, 1.165) is 0 Å². The van der Waals surface area contributed by atoms with Crippen molar-refractivity contribution in [2.24, 2.45) is 0 Å². The predicted octanol–water partition coefficient (Wildman–Crippen LogP) is 2.49. The lowest BCUT2D eigenvalue weighted by molar-refractivity contribution is 0.218. The van der Waals surface area contributed by atoms with Crippen LogP contribution in [0.5, 0.6) is 0 Å². The number of thiophene rings is 1. The molecule has 1 aromatic heterocycles. The van der Waals surface area contributed by atoms with E-state index in [0.29, 0.717) is 12.1 Å². The summed E-state index contributed by atoms with van der Waals surface area (Å²) in [7, 11) is 2.21. The van der Waals surface area contributed by atoms with Crippen LogP contribution in [-0.2, 0) is 0 Å². The highest BCUT2D eigenvalue weighted by Crippen LogP contribution is 2.18. The molecule has 2 rings (SSSR count). The van der Waals surface area contributed by atoms with Gasteiger partial charge < -0.3 is 10.2 Å². The summed E-state index contributed by atoms with van der Waals surface area (Å²) >= 11 is 1.78. The van der Waals surface area contributed by atoms with Gasteiger partial charge in [0.25, 0.3) is 0 Å². The number of nitrogens with zero attached hydrogens (tertiary/aromatic N) is 1. The number of nitrogens with one attached hydrogen (secondary N) is 1. The Balaban J connectivity index is 1.86. The lowest BCUT2D eigenvalue weighted by atomic mass is 10.0. The van der Waals surface area contributed by atoms with Gasteiger partial charge in [-0.3, -0.25) is 0 Å². The number of rotatable bonds is 3. The Kier molecular flexibility index (Phi) is 3.78. The van der Waals surface area contributed by atoms with E-state index in [1.165, 1.54) is 31.5 Å². The molecule has 2 heterocycles. The lowest BCUT2D eigenvalue weighted by Crippen LogP contribution is -2.44. The highest BCUT2D eigenvalue weighted by molar-refractivity contribution is 7.07. The Morgan fingerprint density at radius 3 is 3.13 bits per heavy atom. The van der Waals surface area contributed by atoms with Gasteiger partial charge in [-0.15, -0.1) is 0 Å². The summed E-state index contributed by atoms with van der Waals surface area (Å²) in [4.78, 5) is 2.42. The van der Waals surface area contributed by atoms with Crippen LogP contribution in [0.15, 0.2) is 16.8 Å². The summed E-state index contributed by atoms with van der Waals surface area (Å²) in [5, 5.41) is 8.11. The molecule has 1 aliphatic heterocycles. The van der Waals surface area contributed by atoms with Crippen molar-refractivity contribution in [3.63, 3.8) is 0 Å². The molecule has 0 bridgehead atoms. The second-order valence-electron chi connectivity index (χ2n) is 4.55. The normalized spacial score (nSPS) is 25.3. The number of hydrogen-bond donors (Lipinski definition) is 1. The quantitative estimate of drug-likeness (QED) is 0.848. The zero-order chi connectivity index (χ0) is 10.7. The molecule has 1 aliphatic rings. The van der Waals surface area contributed by atoms with Crippen molar-refractivity contribution in [2.75, 3.05) is 20.1 Å². The van der Waals surface area contributed by atoms with E-state index < -0.39 is 0 Å². The van der Waals surface area contributed by atoms with E-state index in [1.807, 2.05) is 0 Å². The minimum atomic E-state index is 0.493. The van der Waals surface area contributed by atoms with Crippen LogP contribution in [-0.4, -0.2) is 31.1 Å². The van der Waals surface area contributed by atoms with Gasteiger partial charge in [0.2, 0.25) is 0 Å². The molecular weight excluding hydrogens is 204 g/mol. The van der Waals surface area contributed by atoms with Crippen molar-refractivity contribution in [2.45, 2.75) is 31.8 Å². The molecule has 3 heteroatoms. The Hall–Kier alpha value is -0.380. The summed E-state index contributed by atoms with van der Waals surface area (Å²) in [5.74, 6) is 0. The molecule has 0 aliphatic carbocycles. The van der Waals surface area contributed by atoms with Gasteiger partial charge in [0.15, 0.2) is 0 Å². The van der Waals surface area contributed by atoms with Gasteiger partial charge in [-0.1, -0.05) is 0 Å². The van der Waals surface area contributed by atoms with Gasteiger partial charge in [-0.05, 0) is 55.7 Å². The Bertz CT molecular complexity index is 284. The zero-order valence-corrected chi connectivity index (χ0v) is 10.4. The molecule has 0 radical (unpaired) electrons. The van der Waals surface area contributed by atoms with E-state index >= 15 is 0 Å². The van der Waals surface area contributed by atoms with Gasteiger partial charge in [0, 0.05) is 18.6 Å². The zero-order valence-electron chi connectivity index (χ0n) is 9.57. The third-order valence-electron chi connectivity index (χ3n) is 3.15. The van der Waals surface area contributed by atoms with Crippen LogP contribution in [0.1, 0.15) is 31.4 Å². The molecule has 1 aromatic rings. The van der Waals surface area contributed by atoms with E-state index in [4.69, 9.17) is 0 Å². The third-order valence-corrected chi connectivity index (χ3v) is 3.85. The molecule has 84 valence electrons. The van der Waals surface area contributed by atoms with Crippen molar-refractivity contribution < 1.29 is 0 Å². The van der Waals surface area contributed by atoms with Crippen LogP contribution in [0.25, 0.3) is 0 Å². The SMILES string of the molecule is CC(NC1CCCN(C)C1)c1ccsc1. The summed E-state index contributed by atoms with van der Waals surface area (Å²) < 4.78 is 0. The summed E-state index contributed by atoms with van der Waals surface area (Å²) in [6.07, 6.45) is 2.64. The Morgan fingerprint density at radius 2 is 2.47 bits per heavy atom. The summed E-state index contributed by atoms with van der Waals surface area (Å²) in [6, 6.07) is 3.38. The highest BCUT2D eigenvalue weighted by Gasteiger charge is 2.19. The molecule has 2 nitrogen and oxygen atoms in total. The molecule has 0 aromatic carbocycles. The minimum Gasteiger partial charge on any atom is -0.306 e. The molecule has 1 fully saturated rings. The monoisotopic (exact) mass is 224 g/mol. The standard InChI is InChI=1S/C12H20N2S/c1-10(11-5-7-15-9-11)13-12-4-3-6-14(2)8-12/h5,7,9-10,12-13H,3-4,6,8H2,1-2H3. The van der Waals surface area contributed by atoms with Gasteiger partial charge in [-0.25, -0.2) is 0 Å².